The van der Waals surface area contributed by atoms with Gasteiger partial charge in [0.25, 0.3) is 5.78 Å². The summed E-state index contributed by atoms with van der Waals surface area (Å²) in [5.41, 5.74) is 6.67. The molecule has 0 amide bonds. The van der Waals surface area contributed by atoms with Gasteiger partial charge in [-0.15, -0.1) is 10.2 Å². The van der Waals surface area contributed by atoms with E-state index in [4.69, 9.17) is 5.73 Å². The molecule has 0 aliphatic rings. The first-order chi connectivity index (χ1) is 7.84. The first kappa shape index (κ1) is 8.78. The van der Waals surface area contributed by atoms with Gasteiger partial charge in [0.2, 0.25) is 5.95 Å². The molecule has 0 radical (unpaired) electrons. The fourth-order valence-corrected chi connectivity index (χ4v) is 1.47. The first-order valence-electron chi connectivity index (χ1n) is 4.73. The van der Waals surface area contributed by atoms with Crippen LogP contribution in [0.4, 0.5) is 5.95 Å². The van der Waals surface area contributed by atoms with Crippen molar-refractivity contribution in [1.82, 2.24) is 24.6 Å². The summed E-state index contributed by atoms with van der Waals surface area (Å²) in [5.74, 6) is 1.33. The SMILES string of the molecule is Nc1nc(-c2ccccc2)nc2nncn12. The van der Waals surface area contributed by atoms with Gasteiger partial charge in [-0.05, 0) is 0 Å². The van der Waals surface area contributed by atoms with E-state index in [0.717, 1.165) is 5.56 Å². The van der Waals surface area contributed by atoms with Crippen molar-refractivity contribution < 1.29 is 0 Å². The highest BCUT2D eigenvalue weighted by Gasteiger charge is 2.07. The Hall–Kier alpha value is -2.50. The Balaban J connectivity index is 2.25. The Bertz CT molecular complexity index is 630. The van der Waals surface area contributed by atoms with Crippen molar-refractivity contribution in [2.45, 2.75) is 0 Å². The molecule has 0 unspecified atom stereocenters. The molecule has 3 rings (SSSR count). The van der Waals surface area contributed by atoms with E-state index in [2.05, 4.69) is 20.2 Å². The Morgan fingerprint density at radius 2 is 1.88 bits per heavy atom. The van der Waals surface area contributed by atoms with Gasteiger partial charge < -0.3 is 5.73 Å². The quantitative estimate of drug-likeness (QED) is 0.644. The van der Waals surface area contributed by atoms with Gasteiger partial charge in [-0.1, -0.05) is 30.3 Å². The second-order valence-electron chi connectivity index (χ2n) is 3.27. The van der Waals surface area contributed by atoms with Crippen LogP contribution in [-0.4, -0.2) is 24.6 Å². The number of anilines is 1. The lowest BCUT2D eigenvalue weighted by molar-refractivity contribution is 1.04. The zero-order valence-electron chi connectivity index (χ0n) is 8.28. The highest BCUT2D eigenvalue weighted by molar-refractivity contribution is 5.58. The van der Waals surface area contributed by atoms with Crippen LogP contribution in [0.25, 0.3) is 17.2 Å². The molecule has 6 heteroatoms. The summed E-state index contributed by atoms with van der Waals surface area (Å²) in [6.07, 6.45) is 1.49. The van der Waals surface area contributed by atoms with E-state index in [1.54, 1.807) is 0 Å². The number of nitrogen functional groups attached to an aromatic ring is 1. The van der Waals surface area contributed by atoms with Crippen molar-refractivity contribution >= 4 is 11.7 Å². The molecule has 78 valence electrons. The third-order valence-corrected chi connectivity index (χ3v) is 2.23. The Morgan fingerprint density at radius 3 is 2.69 bits per heavy atom. The van der Waals surface area contributed by atoms with Crippen LogP contribution in [0.15, 0.2) is 36.7 Å². The molecule has 0 fully saturated rings. The molecule has 16 heavy (non-hydrogen) atoms. The van der Waals surface area contributed by atoms with Crippen LogP contribution in [0, 0.1) is 0 Å². The van der Waals surface area contributed by atoms with Crippen molar-refractivity contribution in [2.75, 3.05) is 5.73 Å². The summed E-state index contributed by atoms with van der Waals surface area (Å²) in [6.45, 7) is 0. The molecule has 0 aliphatic heterocycles. The number of hydrogen-bond acceptors (Lipinski definition) is 5. The van der Waals surface area contributed by atoms with E-state index in [1.807, 2.05) is 30.3 Å². The largest absolute Gasteiger partial charge is 0.369 e. The minimum absolute atomic E-state index is 0.328. The molecule has 3 aromatic rings. The Kier molecular flexibility index (Phi) is 1.79. The van der Waals surface area contributed by atoms with Crippen LogP contribution in [0.5, 0.6) is 0 Å². The number of benzene rings is 1. The summed E-state index contributed by atoms with van der Waals surface area (Å²) >= 11 is 0. The van der Waals surface area contributed by atoms with Crippen LogP contribution in [0.3, 0.4) is 0 Å². The molecule has 0 saturated carbocycles. The van der Waals surface area contributed by atoms with Gasteiger partial charge in [-0.3, -0.25) is 0 Å². The summed E-state index contributed by atoms with van der Waals surface area (Å²) < 4.78 is 1.53. The second-order valence-corrected chi connectivity index (χ2v) is 3.27. The maximum absolute atomic E-state index is 5.77. The average Bonchev–Trinajstić information content (AvgIpc) is 2.79. The van der Waals surface area contributed by atoms with E-state index >= 15 is 0 Å². The molecule has 6 nitrogen and oxygen atoms in total. The molecule has 0 spiro atoms. The highest BCUT2D eigenvalue weighted by Crippen LogP contribution is 2.15. The second kappa shape index (κ2) is 3.27. The third-order valence-electron chi connectivity index (χ3n) is 2.23. The van der Waals surface area contributed by atoms with E-state index in [-0.39, 0.29) is 0 Å². The van der Waals surface area contributed by atoms with E-state index in [9.17, 15) is 0 Å². The van der Waals surface area contributed by atoms with Crippen LogP contribution in [0.1, 0.15) is 0 Å². The van der Waals surface area contributed by atoms with Crippen LogP contribution in [0.2, 0.25) is 0 Å². The number of hydrogen-bond donors (Lipinski definition) is 1. The van der Waals surface area contributed by atoms with Crippen LogP contribution < -0.4 is 5.73 Å². The highest BCUT2D eigenvalue weighted by atomic mass is 15.3. The fourth-order valence-electron chi connectivity index (χ4n) is 1.47. The lowest BCUT2D eigenvalue weighted by atomic mass is 10.2. The summed E-state index contributed by atoms with van der Waals surface area (Å²) in [5, 5.41) is 7.57. The lowest BCUT2D eigenvalue weighted by Gasteiger charge is -2.02. The van der Waals surface area contributed by atoms with Crippen LogP contribution >= 0.6 is 0 Å². The molecule has 0 saturated heterocycles. The van der Waals surface area contributed by atoms with Gasteiger partial charge in [0.15, 0.2) is 5.82 Å². The number of nitrogens with two attached hydrogens (primary N) is 1. The third kappa shape index (κ3) is 1.28. The number of nitrogens with zero attached hydrogens (tertiary/aromatic N) is 5. The molecule has 0 atom stereocenters. The average molecular weight is 212 g/mol. The molecular formula is C10H8N6. The Labute approximate surface area is 90.8 Å². The van der Waals surface area contributed by atoms with Crippen molar-refractivity contribution in [3.8, 4) is 11.4 Å². The fraction of sp³-hybridized carbons (Fsp3) is 0. The first-order valence-corrected chi connectivity index (χ1v) is 4.73. The molecule has 0 aliphatic carbocycles. The number of aromatic nitrogens is 5. The smallest absolute Gasteiger partial charge is 0.259 e. The Morgan fingerprint density at radius 1 is 1.06 bits per heavy atom. The summed E-state index contributed by atoms with van der Waals surface area (Å²) in [7, 11) is 0. The van der Waals surface area contributed by atoms with Gasteiger partial charge >= 0.3 is 0 Å². The van der Waals surface area contributed by atoms with Gasteiger partial charge in [0.1, 0.15) is 6.33 Å². The maximum Gasteiger partial charge on any atom is 0.259 e. The normalized spacial score (nSPS) is 10.8. The minimum Gasteiger partial charge on any atom is -0.369 e. The lowest BCUT2D eigenvalue weighted by Crippen LogP contribution is -2.03. The van der Waals surface area contributed by atoms with Gasteiger partial charge in [0, 0.05) is 5.56 Å². The monoisotopic (exact) mass is 212 g/mol. The molecule has 1 aromatic carbocycles. The van der Waals surface area contributed by atoms with Crippen molar-refractivity contribution in [2.24, 2.45) is 0 Å². The van der Waals surface area contributed by atoms with Gasteiger partial charge in [-0.2, -0.15) is 9.97 Å². The molecule has 2 N–H and O–H groups in total. The summed E-state index contributed by atoms with van der Waals surface area (Å²) in [4.78, 5) is 8.46. The van der Waals surface area contributed by atoms with Crippen molar-refractivity contribution in [3.63, 3.8) is 0 Å². The van der Waals surface area contributed by atoms with Crippen LogP contribution in [-0.2, 0) is 0 Å². The summed E-state index contributed by atoms with van der Waals surface area (Å²) in [6, 6.07) is 9.61. The molecular weight excluding hydrogens is 204 g/mol. The molecule has 0 bridgehead atoms. The van der Waals surface area contributed by atoms with Crippen molar-refractivity contribution in [1.29, 1.82) is 0 Å². The zero-order valence-corrected chi connectivity index (χ0v) is 8.28. The zero-order chi connectivity index (χ0) is 11.0. The molecule has 2 heterocycles. The number of fused-ring (bicyclic) bond motifs is 1. The standard InChI is InChI=1S/C10H8N6/c11-9-13-8(7-4-2-1-3-5-7)14-10-15-12-6-16(9)10/h1-6H,(H2,11,13,14,15). The van der Waals surface area contributed by atoms with Crippen molar-refractivity contribution in [3.05, 3.63) is 36.7 Å². The predicted molar refractivity (Wildman–Crippen MR) is 58.4 cm³/mol. The number of rotatable bonds is 1. The van der Waals surface area contributed by atoms with Gasteiger partial charge in [0.05, 0.1) is 0 Å². The van der Waals surface area contributed by atoms with E-state index in [1.165, 1.54) is 10.7 Å². The van der Waals surface area contributed by atoms with E-state index in [0.29, 0.717) is 17.6 Å². The molecule has 2 aromatic heterocycles. The predicted octanol–water partition coefficient (Wildman–Crippen LogP) is 0.768. The maximum atomic E-state index is 5.77. The van der Waals surface area contributed by atoms with E-state index < -0.39 is 0 Å². The van der Waals surface area contributed by atoms with Gasteiger partial charge in [-0.25, -0.2) is 4.40 Å². The topological polar surface area (TPSA) is 82.0 Å². The minimum atomic E-state index is 0.328.